The van der Waals surface area contributed by atoms with Crippen LogP contribution in [0.15, 0.2) is 18.2 Å². The number of benzene rings is 1. The fraction of sp³-hybridized carbons (Fsp3) is 0.556. The minimum atomic E-state index is -1.02. The van der Waals surface area contributed by atoms with Crippen LogP contribution in [-0.4, -0.2) is 48.3 Å². The van der Waals surface area contributed by atoms with Crippen LogP contribution in [0, 0.1) is 17.6 Å². The summed E-state index contributed by atoms with van der Waals surface area (Å²) >= 11 is 0. The Bertz CT molecular complexity index is 599. The summed E-state index contributed by atoms with van der Waals surface area (Å²) in [6.07, 6.45) is 3.23. The summed E-state index contributed by atoms with van der Waals surface area (Å²) in [5.41, 5.74) is 0.138. The predicted octanol–water partition coefficient (Wildman–Crippen LogP) is 3.08. The lowest BCUT2D eigenvalue weighted by atomic mass is 9.94. The van der Waals surface area contributed by atoms with Crippen LogP contribution in [0.3, 0.4) is 0 Å². The standard InChI is InChI=1S/C18H24F2N2O2/c1-3-4-9-21(2)17(23)13-7-10-22(11-8-13)18(24)14-5-6-15(19)16(20)12-14/h5-6,12-13H,3-4,7-11H2,1-2H3. The van der Waals surface area contributed by atoms with E-state index in [0.29, 0.717) is 25.9 Å². The highest BCUT2D eigenvalue weighted by molar-refractivity contribution is 5.94. The molecule has 0 bridgehead atoms. The third-order valence-electron chi connectivity index (χ3n) is 4.52. The van der Waals surface area contributed by atoms with Gasteiger partial charge in [0.2, 0.25) is 5.91 Å². The second kappa shape index (κ2) is 8.22. The topological polar surface area (TPSA) is 40.6 Å². The van der Waals surface area contributed by atoms with Gasteiger partial charge >= 0.3 is 0 Å². The maximum Gasteiger partial charge on any atom is 0.253 e. The highest BCUT2D eigenvalue weighted by atomic mass is 19.2. The van der Waals surface area contributed by atoms with Crippen molar-refractivity contribution in [2.45, 2.75) is 32.6 Å². The Balaban J connectivity index is 1.91. The summed E-state index contributed by atoms with van der Waals surface area (Å²) in [6.45, 7) is 3.75. The summed E-state index contributed by atoms with van der Waals surface area (Å²) < 4.78 is 26.2. The van der Waals surface area contributed by atoms with E-state index in [1.807, 2.05) is 7.05 Å². The van der Waals surface area contributed by atoms with E-state index in [-0.39, 0.29) is 23.3 Å². The zero-order valence-electron chi connectivity index (χ0n) is 14.2. The fourth-order valence-corrected chi connectivity index (χ4v) is 2.96. The van der Waals surface area contributed by atoms with E-state index in [2.05, 4.69) is 6.92 Å². The van der Waals surface area contributed by atoms with Crippen molar-refractivity contribution >= 4 is 11.8 Å². The Morgan fingerprint density at radius 1 is 1.21 bits per heavy atom. The Hall–Kier alpha value is -1.98. The van der Waals surface area contributed by atoms with Crippen molar-refractivity contribution in [3.63, 3.8) is 0 Å². The normalized spacial score (nSPS) is 15.4. The molecule has 2 amide bonds. The van der Waals surface area contributed by atoms with Crippen molar-refractivity contribution in [2.75, 3.05) is 26.7 Å². The Kier molecular flexibility index (Phi) is 6.29. The number of hydrogen-bond donors (Lipinski definition) is 0. The molecule has 1 saturated heterocycles. The van der Waals surface area contributed by atoms with Gasteiger partial charge in [-0.2, -0.15) is 0 Å². The van der Waals surface area contributed by atoms with E-state index in [9.17, 15) is 18.4 Å². The van der Waals surface area contributed by atoms with E-state index >= 15 is 0 Å². The van der Waals surface area contributed by atoms with Gasteiger partial charge in [0.15, 0.2) is 11.6 Å². The molecule has 0 aromatic heterocycles. The summed E-state index contributed by atoms with van der Waals surface area (Å²) in [4.78, 5) is 28.1. The monoisotopic (exact) mass is 338 g/mol. The number of unbranched alkanes of at least 4 members (excludes halogenated alkanes) is 1. The number of carbonyl (C=O) groups excluding carboxylic acids is 2. The Morgan fingerprint density at radius 3 is 2.46 bits per heavy atom. The van der Waals surface area contributed by atoms with E-state index in [1.54, 1.807) is 9.80 Å². The molecule has 0 atom stereocenters. The van der Waals surface area contributed by atoms with E-state index in [0.717, 1.165) is 31.5 Å². The summed E-state index contributed by atoms with van der Waals surface area (Å²) in [7, 11) is 1.82. The first-order valence-electron chi connectivity index (χ1n) is 8.43. The minimum absolute atomic E-state index is 0.0686. The molecule has 0 N–H and O–H groups in total. The van der Waals surface area contributed by atoms with Crippen LogP contribution in [0.4, 0.5) is 8.78 Å². The maximum atomic E-state index is 13.3. The zero-order valence-corrected chi connectivity index (χ0v) is 14.2. The van der Waals surface area contributed by atoms with Crippen molar-refractivity contribution in [3.8, 4) is 0 Å². The van der Waals surface area contributed by atoms with Crippen LogP contribution in [0.5, 0.6) is 0 Å². The van der Waals surface area contributed by atoms with Crippen LogP contribution in [-0.2, 0) is 4.79 Å². The lowest BCUT2D eigenvalue weighted by Crippen LogP contribution is -2.43. The van der Waals surface area contributed by atoms with Crippen LogP contribution < -0.4 is 0 Å². The number of likely N-dealkylation sites (tertiary alicyclic amines) is 1. The minimum Gasteiger partial charge on any atom is -0.346 e. The molecule has 0 unspecified atom stereocenters. The second-order valence-electron chi connectivity index (χ2n) is 6.31. The third-order valence-corrected chi connectivity index (χ3v) is 4.52. The number of hydrogen-bond acceptors (Lipinski definition) is 2. The van der Waals surface area contributed by atoms with Crippen LogP contribution >= 0.6 is 0 Å². The molecule has 1 heterocycles. The van der Waals surface area contributed by atoms with E-state index < -0.39 is 11.6 Å². The van der Waals surface area contributed by atoms with Crippen molar-refractivity contribution in [2.24, 2.45) is 5.92 Å². The maximum absolute atomic E-state index is 13.3. The first-order chi connectivity index (χ1) is 11.4. The molecular weight excluding hydrogens is 314 g/mol. The molecule has 4 nitrogen and oxygen atoms in total. The zero-order chi connectivity index (χ0) is 17.7. The Morgan fingerprint density at radius 2 is 1.88 bits per heavy atom. The van der Waals surface area contributed by atoms with Crippen molar-refractivity contribution < 1.29 is 18.4 Å². The SMILES string of the molecule is CCCCN(C)C(=O)C1CCN(C(=O)c2ccc(F)c(F)c2)CC1. The molecular formula is C18H24F2N2O2. The van der Waals surface area contributed by atoms with Crippen LogP contribution in [0.2, 0.25) is 0 Å². The molecule has 1 fully saturated rings. The fourth-order valence-electron chi connectivity index (χ4n) is 2.96. The quantitative estimate of drug-likeness (QED) is 0.828. The average molecular weight is 338 g/mol. The molecule has 0 spiro atoms. The molecule has 132 valence electrons. The number of halogens is 2. The van der Waals surface area contributed by atoms with Crippen LogP contribution in [0.1, 0.15) is 43.0 Å². The van der Waals surface area contributed by atoms with Gasteiger partial charge in [0.25, 0.3) is 5.91 Å². The van der Waals surface area contributed by atoms with Crippen molar-refractivity contribution in [1.29, 1.82) is 0 Å². The van der Waals surface area contributed by atoms with Gasteiger partial charge in [-0.25, -0.2) is 8.78 Å². The molecule has 2 rings (SSSR count). The lowest BCUT2D eigenvalue weighted by molar-refractivity contribution is -0.135. The molecule has 0 radical (unpaired) electrons. The Labute approximate surface area is 141 Å². The molecule has 24 heavy (non-hydrogen) atoms. The number of piperidine rings is 1. The highest BCUT2D eigenvalue weighted by Gasteiger charge is 2.29. The smallest absolute Gasteiger partial charge is 0.253 e. The predicted molar refractivity (Wildman–Crippen MR) is 87.5 cm³/mol. The second-order valence-corrected chi connectivity index (χ2v) is 6.31. The third kappa shape index (κ3) is 4.30. The van der Waals surface area contributed by atoms with Gasteiger partial charge in [-0.05, 0) is 37.5 Å². The summed E-state index contributed by atoms with van der Waals surface area (Å²) in [5, 5.41) is 0. The first-order valence-corrected chi connectivity index (χ1v) is 8.43. The first kappa shape index (κ1) is 18.4. The number of carbonyl (C=O) groups is 2. The van der Waals surface area contributed by atoms with Gasteiger partial charge in [-0.3, -0.25) is 9.59 Å². The summed E-state index contributed by atoms with van der Waals surface area (Å²) in [5.74, 6) is -2.25. The highest BCUT2D eigenvalue weighted by Crippen LogP contribution is 2.21. The molecule has 0 aliphatic carbocycles. The number of amides is 2. The van der Waals surface area contributed by atoms with Gasteiger partial charge in [-0.1, -0.05) is 13.3 Å². The summed E-state index contributed by atoms with van der Waals surface area (Å²) in [6, 6.07) is 3.17. The molecule has 0 saturated carbocycles. The van der Waals surface area contributed by atoms with Gasteiger partial charge in [-0.15, -0.1) is 0 Å². The largest absolute Gasteiger partial charge is 0.346 e. The van der Waals surface area contributed by atoms with Crippen molar-refractivity contribution in [3.05, 3.63) is 35.4 Å². The average Bonchev–Trinajstić information content (AvgIpc) is 2.60. The molecule has 1 aromatic carbocycles. The molecule has 1 aliphatic rings. The van der Waals surface area contributed by atoms with Crippen LogP contribution in [0.25, 0.3) is 0 Å². The van der Waals surface area contributed by atoms with Gasteiger partial charge in [0, 0.05) is 38.2 Å². The molecule has 6 heteroatoms. The molecule has 1 aliphatic heterocycles. The number of nitrogens with zero attached hydrogens (tertiary/aromatic N) is 2. The lowest BCUT2D eigenvalue weighted by Gasteiger charge is -2.33. The molecule has 1 aromatic rings. The van der Waals surface area contributed by atoms with Gasteiger partial charge < -0.3 is 9.80 Å². The number of rotatable bonds is 5. The van der Waals surface area contributed by atoms with Gasteiger partial charge in [0.05, 0.1) is 0 Å². The van der Waals surface area contributed by atoms with E-state index in [4.69, 9.17) is 0 Å². The van der Waals surface area contributed by atoms with Gasteiger partial charge in [0.1, 0.15) is 0 Å². The van der Waals surface area contributed by atoms with E-state index in [1.165, 1.54) is 6.07 Å². The van der Waals surface area contributed by atoms with Crippen molar-refractivity contribution in [1.82, 2.24) is 9.80 Å².